The molecule has 0 spiro atoms. The fraction of sp³-hybridized carbons (Fsp3) is 0.409. The predicted octanol–water partition coefficient (Wildman–Crippen LogP) is 3.55. The zero-order chi connectivity index (χ0) is 22.7. The molecule has 2 aromatic carbocycles. The highest BCUT2D eigenvalue weighted by atomic mass is 35.5. The fourth-order valence-corrected chi connectivity index (χ4v) is 5.44. The predicted molar refractivity (Wildman–Crippen MR) is 120 cm³/mol. The van der Waals surface area contributed by atoms with Gasteiger partial charge in [-0.05, 0) is 37.1 Å². The number of nitrogens with one attached hydrogen (secondary N) is 1. The van der Waals surface area contributed by atoms with Gasteiger partial charge in [0, 0.05) is 37.6 Å². The number of sulfonamides is 1. The number of anilines is 1. The van der Waals surface area contributed by atoms with Gasteiger partial charge in [-0.15, -0.1) is 0 Å². The molecule has 1 amide bonds. The highest BCUT2D eigenvalue weighted by molar-refractivity contribution is 7.89. The maximum Gasteiger partial charge on any atom is 0.243 e. The molecular formula is C22H25ClN2O6S. The number of carbonyl (C=O) groups is 1. The molecule has 172 valence electrons. The number of benzene rings is 2. The van der Waals surface area contributed by atoms with Gasteiger partial charge in [0.2, 0.25) is 15.9 Å². The van der Waals surface area contributed by atoms with Crippen molar-refractivity contribution in [2.75, 3.05) is 38.7 Å². The molecule has 1 N–H and O–H groups in total. The summed E-state index contributed by atoms with van der Waals surface area (Å²) in [6.45, 7) is 1.61. The third-order valence-electron chi connectivity index (χ3n) is 5.62. The van der Waals surface area contributed by atoms with Crippen LogP contribution < -0.4 is 19.5 Å². The molecule has 2 aliphatic heterocycles. The van der Waals surface area contributed by atoms with Crippen molar-refractivity contribution in [1.82, 2.24) is 4.31 Å². The maximum atomic E-state index is 12.9. The fourth-order valence-electron chi connectivity index (χ4n) is 3.77. The van der Waals surface area contributed by atoms with Crippen LogP contribution >= 0.6 is 11.6 Å². The van der Waals surface area contributed by atoms with Crippen LogP contribution in [0, 0.1) is 5.92 Å². The summed E-state index contributed by atoms with van der Waals surface area (Å²) in [6.07, 6.45) is 1.61. The minimum Gasteiger partial charge on any atom is -0.497 e. The lowest BCUT2D eigenvalue weighted by molar-refractivity contribution is -0.120. The first-order valence-corrected chi connectivity index (χ1v) is 12.2. The van der Waals surface area contributed by atoms with Gasteiger partial charge in [0.1, 0.15) is 5.75 Å². The van der Waals surface area contributed by atoms with Crippen molar-refractivity contribution in [1.29, 1.82) is 0 Å². The Kier molecular flexibility index (Phi) is 6.78. The van der Waals surface area contributed by atoms with Gasteiger partial charge >= 0.3 is 0 Å². The third-order valence-corrected chi connectivity index (χ3v) is 7.84. The van der Waals surface area contributed by atoms with Gasteiger partial charge in [-0.3, -0.25) is 4.79 Å². The van der Waals surface area contributed by atoms with E-state index in [9.17, 15) is 13.2 Å². The molecule has 10 heteroatoms. The number of piperidine rings is 1. The number of nitrogens with zero attached hydrogens (tertiary/aromatic N) is 1. The molecule has 0 aromatic heterocycles. The Balaban J connectivity index is 1.39. The first-order valence-electron chi connectivity index (χ1n) is 10.4. The van der Waals surface area contributed by atoms with Gasteiger partial charge in [0.25, 0.3) is 0 Å². The molecule has 0 bridgehead atoms. The highest BCUT2D eigenvalue weighted by Gasteiger charge is 2.32. The van der Waals surface area contributed by atoms with Crippen LogP contribution in [-0.4, -0.2) is 52.0 Å². The molecule has 1 saturated heterocycles. The van der Waals surface area contributed by atoms with E-state index in [-0.39, 0.29) is 29.8 Å². The highest BCUT2D eigenvalue weighted by Crippen LogP contribution is 2.38. The number of halogens is 1. The van der Waals surface area contributed by atoms with Crippen LogP contribution in [0.5, 0.6) is 17.2 Å². The Morgan fingerprint density at radius 1 is 1.09 bits per heavy atom. The lowest BCUT2D eigenvalue weighted by atomic mass is 9.97. The third kappa shape index (κ3) is 4.79. The van der Waals surface area contributed by atoms with Gasteiger partial charge in [-0.1, -0.05) is 11.6 Å². The van der Waals surface area contributed by atoms with E-state index in [4.69, 9.17) is 25.8 Å². The Bertz CT molecular complexity index is 1080. The Labute approximate surface area is 192 Å². The number of amides is 1. The quantitative estimate of drug-likeness (QED) is 0.703. The van der Waals surface area contributed by atoms with Crippen LogP contribution in [0.3, 0.4) is 0 Å². The summed E-state index contributed by atoms with van der Waals surface area (Å²) in [5, 5.41) is 3.22. The molecule has 32 heavy (non-hydrogen) atoms. The molecule has 8 nitrogen and oxygen atoms in total. The monoisotopic (exact) mass is 480 g/mol. The number of ether oxygens (including phenoxy) is 3. The summed E-state index contributed by atoms with van der Waals surface area (Å²) in [4.78, 5) is 13.0. The normalized spacial score (nSPS) is 17.4. The number of hydrogen-bond donors (Lipinski definition) is 1. The maximum absolute atomic E-state index is 12.9. The summed E-state index contributed by atoms with van der Waals surface area (Å²) in [6, 6.07) is 9.60. The topological polar surface area (TPSA) is 94.2 Å². The summed E-state index contributed by atoms with van der Waals surface area (Å²) in [7, 11) is -2.09. The average Bonchev–Trinajstić information content (AvgIpc) is 3.04. The molecule has 0 aliphatic carbocycles. The summed E-state index contributed by atoms with van der Waals surface area (Å²) in [5.74, 6) is 1.19. The van der Waals surface area contributed by atoms with Gasteiger partial charge in [0.05, 0.1) is 35.9 Å². The van der Waals surface area contributed by atoms with Crippen LogP contribution in [0.1, 0.15) is 19.3 Å². The molecular weight excluding hydrogens is 456 g/mol. The van der Waals surface area contributed by atoms with Crippen LogP contribution in [0.4, 0.5) is 5.69 Å². The van der Waals surface area contributed by atoms with Crippen molar-refractivity contribution in [2.24, 2.45) is 5.92 Å². The number of hydrogen-bond acceptors (Lipinski definition) is 6. The Morgan fingerprint density at radius 2 is 1.72 bits per heavy atom. The Hall–Kier alpha value is -2.49. The van der Waals surface area contributed by atoms with Crippen molar-refractivity contribution in [2.45, 2.75) is 24.2 Å². The summed E-state index contributed by atoms with van der Waals surface area (Å²) >= 11 is 6.32. The van der Waals surface area contributed by atoms with Crippen LogP contribution in [0.25, 0.3) is 0 Å². The number of methoxy groups -OCH3 is 1. The average molecular weight is 481 g/mol. The molecule has 2 aromatic rings. The van der Waals surface area contributed by atoms with Crippen molar-refractivity contribution in [3.63, 3.8) is 0 Å². The minimum atomic E-state index is -3.62. The number of rotatable bonds is 5. The van der Waals surface area contributed by atoms with E-state index in [1.165, 1.54) is 23.5 Å². The largest absolute Gasteiger partial charge is 0.497 e. The standard InChI is InChI=1S/C22H25ClN2O6S/c1-29-16-3-5-17(6-4-16)32(27,28)25-9-7-15(8-10-25)22(26)24-19-14-21-20(13-18(19)23)30-11-2-12-31-21/h3-6,13-15H,2,7-12H2,1H3,(H,24,26). The van der Waals surface area contributed by atoms with Crippen LogP contribution in [0.15, 0.2) is 41.3 Å². The Morgan fingerprint density at radius 3 is 2.34 bits per heavy atom. The second-order valence-corrected chi connectivity index (χ2v) is 10.0. The van der Waals surface area contributed by atoms with E-state index in [0.717, 1.165) is 6.42 Å². The van der Waals surface area contributed by atoms with Crippen molar-refractivity contribution >= 4 is 33.2 Å². The van der Waals surface area contributed by atoms with Crippen LogP contribution in [-0.2, 0) is 14.8 Å². The molecule has 0 saturated carbocycles. The summed E-state index contributed by atoms with van der Waals surface area (Å²) in [5.41, 5.74) is 0.453. The zero-order valence-electron chi connectivity index (χ0n) is 17.7. The van der Waals surface area contributed by atoms with Crippen LogP contribution in [0.2, 0.25) is 5.02 Å². The second kappa shape index (κ2) is 9.56. The molecule has 2 heterocycles. The van der Waals surface area contributed by atoms with E-state index < -0.39 is 10.0 Å². The minimum absolute atomic E-state index is 0.192. The zero-order valence-corrected chi connectivity index (χ0v) is 19.2. The second-order valence-electron chi connectivity index (χ2n) is 7.67. The van der Waals surface area contributed by atoms with Gasteiger partial charge in [0.15, 0.2) is 11.5 Å². The van der Waals surface area contributed by atoms with Gasteiger partial charge in [-0.2, -0.15) is 4.31 Å². The first-order chi connectivity index (χ1) is 15.4. The van der Waals surface area contributed by atoms with E-state index in [1.54, 1.807) is 24.3 Å². The SMILES string of the molecule is COc1ccc(S(=O)(=O)N2CCC(C(=O)Nc3cc4c(cc3Cl)OCCCO4)CC2)cc1. The molecule has 1 fully saturated rings. The molecule has 0 unspecified atom stereocenters. The van der Waals surface area contributed by atoms with E-state index >= 15 is 0 Å². The smallest absolute Gasteiger partial charge is 0.243 e. The molecule has 0 radical (unpaired) electrons. The lowest BCUT2D eigenvalue weighted by Crippen LogP contribution is -2.41. The first kappa shape index (κ1) is 22.7. The van der Waals surface area contributed by atoms with E-state index in [1.807, 2.05) is 0 Å². The van der Waals surface area contributed by atoms with Gasteiger partial charge < -0.3 is 19.5 Å². The molecule has 0 atom stereocenters. The van der Waals surface area contributed by atoms with E-state index in [2.05, 4.69) is 5.32 Å². The molecule has 4 rings (SSSR count). The summed E-state index contributed by atoms with van der Waals surface area (Å²) < 4.78 is 43.6. The molecule has 2 aliphatic rings. The lowest BCUT2D eigenvalue weighted by Gasteiger charge is -2.30. The van der Waals surface area contributed by atoms with E-state index in [0.29, 0.717) is 54.0 Å². The number of fused-ring (bicyclic) bond motifs is 1. The van der Waals surface area contributed by atoms with Crippen molar-refractivity contribution in [3.05, 3.63) is 41.4 Å². The van der Waals surface area contributed by atoms with Crippen molar-refractivity contribution in [3.8, 4) is 17.2 Å². The van der Waals surface area contributed by atoms with Gasteiger partial charge in [-0.25, -0.2) is 8.42 Å². The van der Waals surface area contributed by atoms with Crippen molar-refractivity contribution < 1.29 is 27.4 Å². The number of carbonyl (C=O) groups excluding carboxylic acids is 1.